The van der Waals surface area contributed by atoms with Gasteiger partial charge in [0.15, 0.2) is 0 Å². The smallest absolute Gasteiger partial charge is 0.292 e. The van der Waals surface area contributed by atoms with Crippen molar-refractivity contribution in [1.82, 2.24) is 4.72 Å². The molecular formula is C12H19N3O5S. The van der Waals surface area contributed by atoms with Crippen LogP contribution in [0.2, 0.25) is 0 Å². The Hall–Kier alpha value is -1.71. The fourth-order valence-electron chi connectivity index (χ4n) is 1.66. The number of nitrogens with zero attached hydrogens (tertiary/aromatic N) is 1. The molecule has 0 saturated carbocycles. The summed E-state index contributed by atoms with van der Waals surface area (Å²) in [5.74, 6) is 0. The Bertz CT molecular complexity index is 628. The first-order valence-corrected chi connectivity index (χ1v) is 7.75. The van der Waals surface area contributed by atoms with Gasteiger partial charge in [0.1, 0.15) is 5.69 Å². The summed E-state index contributed by atoms with van der Waals surface area (Å²) in [5, 5.41) is 10.7. The molecule has 0 bridgehead atoms. The van der Waals surface area contributed by atoms with Crippen LogP contribution in [-0.4, -0.2) is 32.1 Å². The predicted molar refractivity (Wildman–Crippen MR) is 78.4 cm³/mol. The number of benzene rings is 1. The van der Waals surface area contributed by atoms with Crippen molar-refractivity contribution in [2.75, 3.05) is 18.9 Å². The van der Waals surface area contributed by atoms with Crippen molar-refractivity contribution < 1.29 is 18.1 Å². The number of rotatable bonds is 7. The summed E-state index contributed by atoms with van der Waals surface area (Å²) in [6.07, 6.45) is 0. The highest BCUT2D eigenvalue weighted by Crippen LogP contribution is 2.24. The van der Waals surface area contributed by atoms with Gasteiger partial charge in [0.2, 0.25) is 10.0 Å². The lowest BCUT2D eigenvalue weighted by Crippen LogP contribution is -2.40. The van der Waals surface area contributed by atoms with E-state index in [1.54, 1.807) is 13.8 Å². The largest absolute Gasteiger partial charge is 0.393 e. The summed E-state index contributed by atoms with van der Waals surface area (Å²) in [5.41, 5.74) is 4.30. The Balaban J connectivity index is 2.94. The van der Waals surface area contributed by atoms with Crippen molar-refractivity contribution in [1.29, 1.82) is 0 Å². The standard InChI is InChI=1S/C12H19N3O5S/c1-4-20-12(2,3)8-14-21(18,19)9-5-6-11(15(16)17)10(13)7-9/h5-7,14H,4,8,13H2,1-3H3. The Morgan fingerprint density at radius 2 is 2.05 bits per heavy atom. The molecule has 1 aromatic rings. The van der Waals surface area contributed by atoms with E-state index in [9.17, 15) is 18.5 Å². The normalized spacial score (nSPS) is 12.3. The summed E-state index contributed by atoms with van der Waals surface area (Å²) >= 11 is 0. The molecule has 3 N–H and O–H groups in total. The number of nitrogens with two attached hydrogens (primary N) is 1. The van der Waals surface area contributed by atoms with Crippen LogP contribution in [0.1, 0.15) is 20.8 Å². The fraction of sp³-hybridized carbons (Fsp3) is 0.500. The number of nitrogen functional groups attached to an aromatic ring is 1. The zero-order chi connectivity index (χ0) is 16.3. The van der Waals surface area contributed by atoms with E-state index in [0.717, 1.165) is 18.2 Å². The average Bonchev–Trinajstić information content (AvgIpc) is 2.36. The van der Waals surface area contributed by atoms with E-state index in [1.807, 2.05) is 6.92 Å². The fourth-order valence-corrected chi connectivity index (χ4v) is 2.89. The van der Waals surface area contributed by atoms with E-state index < -0.39 is 20.5 Å². The Kier molecular flexibility index (Phi) is 5.26. The number of nitro groups is 1. The van der Waals surface area contributed by atoms with Crippen molar-refractivity contribution in [3.63, 3.8) is 0 Å². The van der Waals surface area contributed by atoms with Crippen LogP contribution in [-0.2, 0) is 14.8 Å². The van der Waals surface area contributed by atoms with Crippen LogP contribution in [0.25, 0.3) is 0 Å². The lowest BCUT2D eigenvalue weighted by Gasteiger charge is -2.24. The number of nitrogens with one attached hydrogen (secondary N) is 1. The van der Waals surface area contributed by atoms with Crippen LogP contribution in [0.5, 0.6) is 0 Å². The third-order valence-corrected chi connectivity index (χ3v) is 4.13. The molecular weight excluding hydrogens is 298 g/mol. The molecule has 0 spiro atoms. The van der Waals surface area contributed by atoms with Crippen LogP contribution in [0, 0.1) is 10.1 Å². The van der Waals surface area contributed by atoms with Crippen LogP contribution in [0.4, 0.5) is 11.4 Å². The maximum Gasteiger partial charge on any atom is 0.292 e. The van der Waals surface area contributed by atoms with Crippen LogP contribution in [0.15, 0.2) is 23.1 Å². The van der Waals surface area contributed by atoms with Crippen LogP contribution >= 0.6 is 0 Å². The summed E-state index contributed by atoms with van der Waals surface area (Å²) in [6, 6.07) is 3.27. The van der Waals surface area contributed by atoms with Gasteiger partial charge in [-0.25, -0.2) is 13.1 Å². The second-order valence-electron chi connectivity index (χ2n) is 4.99. The topological polar surface area (TPSA) is 125 Å². The maximum absolute atomic E-state index is 12.1. The van der Waals surface area contributed by atoms with Gasteiger partial charge in [-0.1, -0.05) is 0 Å². The predicted octanol–water partition coefficient (Wildman–Crippen LogP) is 1.27. The minimum atomic E-state index is -3.81. The molecule has 0 unspecified atom stereocenters. The van der Waals surface area contributed by atoms with Crippen molar-refractivity contribution in [2.45, 2.75) is 31.3 Å². The van der Waals surface area contributed by atoms with Gasteiger partial charge >= 0.3 is 0 Å². The molecule has 0 aliphatic rings. The summed E-state index contributed by atoms with van der Waals surface area (Å²) in [7, 11) is -3.81. The summed E-state index contributed by atoms with van der Waals surface area (Å²) in [6.45, 7) is 5.85. The number of ether oxygens (including phenoxy) is 1. The second kappa shape index (κ2) is 6.37. The first kappa shape index (κ1) is 17.3. The van der Waals surface area contributed by atoms with Crippen molar-refractivity contribution >= 4 is 21.4 Å². The van der Waals surface area contributed by atoms with Crippen LogP contribution in [0.3, 0.4) is 0 Å². The number of hydrogen-bond donors (Lipinski definition) is 2. The number of sulfonamides is 1. The van der Waals surface area contributed by atoms with E-state index in [0.29, 0.717) is 6.61 Å². The number of hydrogen-bond acceptors (Lipinski definition) is 6. The molecule has 8 nitrogen and oxygen atoms in total. The molecule has 0 heterocycles. The number of nitro benzene ring substituents is 1. The Labute approximate surface area is 123 Å². The molecule has 0 aliphatic carbocycles. The molecule has 0 saturated heterocycles. The highest BCUT2D eigenvalue weighted by Gasteiger charge is 2.24. The van der Waals surface area contributed by atoms with Gasteiger partial charge in [0, 0.05) is 19.2 Å². The minimum absolute atomic E-state index is 0.0695. The summed E-state index contributed by atoms with van der Waals surface area (Å²) in [4.78, 5) is 9.86. The highest BCUT2D eigenvalue weighted by atomic mass is 32.2. The van der Waals surface area contributed by atoms with E-state index in [1.165, 1.54) is 0 Å². The van der Waals surface area contributed by atoms with Gasteiger partial charge in [-0.05, 0) is 32.9 Å². The molecule has 118 valence electrons. The molecule has 0 atom stereocenters. The summed E-state index contributed by atoms with van der Waals surface area (Å²) < 4.78 is 32.0. The Morgan fingerprint density at radius 3 is 2.52 bits per heavy atom. The SMILES string of the molecule is CCOC(C)(C)CNS(=O)(=O)c1ccc([N+](=O)[O-])c(N)c1. The van der Waals surface area contributed by atoms with Crippen molar-refractivity contribution in [3.8, 4) is 0 Å². The van der Waals surface area contributed by atoms with E-state index in [2.05, 4.69) is 4.72 Å². The van der Waals surface area contributed by atoms with Gasteiger partial charge in [0.25, 0.3) is 5.69 Å². The third kappa shape index (κ3) is 4.66. The van der Waals surface area contributed by atoms with Crippen molar-refractivity contribution in [3.05, 3.63) is 28.3 Å². The highest BCUT2D eigenvalue weighted by molar-refractivity contribution is 7.89. The monoisotopic (exact) mass is 317 g/mol. The molecule has 0 aliphatic heterocycles. The average molecular weight is 317 g/mol. The van der Waals surface area contributed by atoms with Gasteiger partial charge < -0.3 is 10.5 Å². The minimum Gasteiger partial charge on any atom is -0.393 e. The van der Waals surface area contributed by atoms with E-state index in [-0.39, 0.29) is 22.8 Å². The van der Waals surface area contributed by atoms with Crippen molar-refractivity contribution in [2.24, 2.45) is 0 Å². The zero-order valence-corrected chi connectivity index (χ0v) is 12.9. The van der Waals surface area contributed by atoms with E-state index in [4.69, 9.17) is 10.5 Å². The molecule has 1 aromatic carbocycles. The molecule has 0 fully saturated rings. The number of anilines is 1. The maximum atomic E-state index is 12.1. The lowest BCUT2D eigenvalue weighted by atomic mass is 10.1. The van der Waals surface area contributed by atoms with Gasteiger partial charge in [-0.3, -0.25) is 10.1 Å². The molecule has 0 radical (unpaired) electrons. The second-order valence-corrected chi connectivity index (χ2v) is 6.76. The molecule has 0 amide bonds. The molecule has 1 rings (SSSR count). The molecule has 21 heavy (non-hydrogen) atoms. The van der Waals surface area contributed by atoms with Crippen LogP contribution < -0.4 is 10.5 Å². The first-order valence-electron chi connectivity index (χ1n) is 6.26. The quantitative estimate of drug-likeness (QED) is 0.443. The van der Waals surface area contributed by atoms with Gasteiger partial charge in [-0.2, -0.15) is 0 Å². The third-order valence-electron chi connectivity index (χ3n) is 2.73. The molecule has 9 heteroatoms. The van der Waals surface area contributed by atoms with Gasteiger partial charge in [0.05, 0.1) is 15.4 Å². The zero-order valence-electron chi connectivity index (χ0n) is 12.1. The Morgan fingerprint density at radius 1 is 1.43 bits per heavy atom. The molecule has 0 aromatic heterocycles. The van der Waals surface area contributed by atoms with E-state index >= 15 is 0 Å². The van der Waals surface area contributed by atoms with Gasteiger partial charge in [-0.15, -0.1) is 0 Å². The first-order chi connectivity index (χ1) is 9.59. The lowest BCUT2D eigenvalue weighted by molar-refractivity contribution is -0.383.